The molecule has 0 aromatic carbocycles. The van der Waals surface area contributed by atoms with Crippen LogP contribution in [0.15, 0.2) is 17.4 Å². The molecule has 0 aromatic heterocycles. The van der Waals surface area contributed by atoms with E-state index in [9.17, 15) is 4.79 Å². The third-order valence-electron chi connectivity index (χ3n) is 1.88. The summed E-state index contributed by atoms with van der Waals surface area (Å²) in [6, 6.07) is 0.351. The predicted octanol–water partition coefficient (Wildman–Crippen LogP) is 1.78. The summed E-state index contributed by atoms with van der Waals surface area (Å²) in [5, 5.41) is 2.91. The molecule has 1 aliphatic heterocycles. The van der Waals surface area contributed by atoms with Crippen LogP contribution in [0.1, 0.15) is 33.1 Å². The molecule has 1 heterocycles. The van der Waals surface area contributed by atoms with Gasteiger partial charge in [0.25, 0.3) is 0 Å². The molecule has 1 saturated heterocycles. The van der Waals surface area contributed by atoms with Crippen LogP contribution in [0, 0.1) is 0 Å². The highest BCUT2D eigenvalue weighted by atomic mass is 16.1. The van der Waals surface area contributed by atoms with Crippen LogP contribution >= 0.6 is 0 Å². The molecule has 0 bridgehead atoms. The molecule has 1 unspecified atom stereocenters. The second-order valence-corrected chi connectivity index (χ2v) is 3.39. The van der Waals surface area contributed by atoms with E-state index in [1.54, 1.807) is 0 Å². The summed E-state index contributed by atoms with van der Waals surface area (Å²) >= 11 is 0. The number of amides is 1. The monoisotopic (exact) mass is 165 g/mol. The highest BCUT2D eigenvalue weighted by Gasteiger charge is 2.18. The van der Waals surface area contributed by atoms with Gasteiger partial charge >= 0.3 is 0 Å². The average molecular weight is 165 g/mol. The fraction of sp³-hybridized carbons (Fsp3) is 0.600. The van der Waals surface area contributed by atoms with Gasteiger partial charge in [-0.1, -0.05) is 0 Å². The Hall–Kier alpha value is -1.01. The Balaban J connectivity index is 2.34. The minimum absolute atomic E-state index is 0.186. The number of carbonyl (C=O) groups is 1. The van der Waals surface area contributed by atoms with E-state index in [0.717, 1.165) is 12.8 Å². The third kappa shape index (κ3) is 2.93. The van der Waals surface area contributed by atoms with Crippen LogP contribution in [0.2, 0.25) is 0 Å². The van der Waals surface area contributed by atoms with Crippen molar-refractivity contribution in [2.75, 3.05) is 0 Å². The van der Waals surface area contributed by atoms with Gasteiger partial charge in [0.2, 0.25) is 5.91 Å². The molecule has 1 N–H and O–H groups in total. The van der Waals surface area contributed by atoms with Crippen LogP contribution in [0.3, 0.4) is 0 Å². The Morgan fingerprint density at radius 3 is 3.00 bits per heavy atom. The SMILES string of the molecule is CC(C)=C=CCC1CCC(=O)N1. The van der Waals surface area contributed by atoms with E-state index in [0.29, 0.717) is 12.5 Å². The van der Waals surface area contributed by atoms with E-state index in [-0.39, 0.29) is 5.91 Å². The summed E-state index contributed by atoms with van der Waals surface area (Å²) in [5.74, 6) is 0.186. The zero-order chi connectivity index (χ0) is 8.97. The average Bonchev–Trinajstić information content (AvgIpc) is 2.35. The molecular weight excluding hydrogens is 150 g/mol. The first-order chi connectivity index (χ1) is 5.68. The lowest BCUT2D eigenvalue weighted by Gasteiger charge is -2.03. The van der Waals surface area contributed by atoms with Crippen LogP contribution in [-0.2, 0) is 4.79 Å². The number of carbonyl (C=O) groups excluding carboxylic acids is 1. The van der Waals surface area contributed by atoms with E-state index < -0.39 is 0 Å². The molecule has 1 aliphatic rings. The summed E-state index contributed by atoms with van der Waals surface area (Å²) in [6.07, 6.45) is 4.58. The molecular formula is C10H15NO. The standard InChI is InChI=1S/C10H15NO/c1-8(2)4-3-5-9-6-7-10(12)11-9/h3,9H,5-7H2,1-2H3,(H,11,12). The lowest BCUT2D eigenvalue weighted by Crippen LogP contribution is -2.24. The lowest BCUT2D eigenvalue weighted by atomic mass is 10.1. The minimum Gasteiger partial charge on any atom is -0.353 e. The maximum atomic E-state index is 10.8. The Morgan fingerprint density at radius 1 is 1.75 bits per heavy atom. The molecule has 0 radical (unpaired) electrons. The third-order valence-corrected chi connectivity index (χ3v) is 1.88. The molecule has 66 valence electrons. The van der Waals surface area contributed by atoms with Crippen LogP contribution in [0.25, 0.3) is 0 Å². The molecule has 0 aliphatic carbocycles. The zero-order valence-corrected chi connectivity index (χ0v) is 7.68. The number of rotatable bonds is 2. The molecule has 2 nitrogen and oxygen atoms in total. The van der Waals surface area contributed by atoms with Gasteiger partial charge in [-0.05, 0) is 38.3 Å². The van der Waals surface area contributed by atoms with Crippen molar-refractivity contribution in [1.29, 1.82) is 0 Å². The lowest BCUT2D eigenvalue weighted by molar-refractivity contribution is -0.119. The summed E-state index contributed by atoms with van der Waals surface area (Å²) in [4.78, 5) is 10.8. The zero-order valence-electron chi connectivity index (χ0n) is 7.68. The van der Waals surface area contributed by atoms with E-state index in [2.05, 4.69) is 11.0 Å². The number of nitrogens with one attached hydrogen (secondary N) is 1. The maximum absolute atomic E-state index is 10.8. The number of hydrogen-bond acceptors (Lipinski definition) is 1. The molecule has 1 rings (SSSR count). The van der Waals surface area contributed by atoms with Gasteiger partial charge < -0.3 is 5.32 Å². The maximum Gasteiger partial charge on any atom is 0.220 e. The summed E-state index contributed by atoms with van der Waals surface area (Å²) in [5.41, 5.74) is 4.31. The molecule has 2 heteroatoms. The first-order valence-corrected chi connectivity index (χ1v) is 4.36. The first-order valence-electron chi connectivity index (χ1n) is 4.36. The molecule has 1 atom stereocenters. The van der Waals surface area contributed by atoms with E-state index in [1.165, 1.54) is 5.57 Å². The Labute approximate surface area is 73.4 Å². The summed E-state index contributed by atoms with van der Waals surface area (Å²) in [6.45, 7) is 4.04. The Bertz CT molecular complexity index is 232. The van der Waals surface area contributed by atoms with Gasteiger partial charge in [-0.3, -0.25) is 4.79 Å². The quantitative estimate of drug-likeness (QED) is 0.621. The van der Waals surface area contributed by atoms with Crippen LogP contribution < -0.4 is 5.32 Å². The molecule has 12 heavy (non-hydrogen) atoms. The van der Waals surface area contributed by atoms with Crippen molar-refractivity contribution in [2.24, 2.45) is 0 Å². The van der Waals surface area contributed by atoms with Crippen molar-refractivity contribution >= 4 is 5.91 Å². The highest BCUT2D eigenvalue weighted by molar-refractivity contribution is 5.78. The topological polar surface area (TPSA) is 29.1 Å². The van der Waals surface area contributed by atoms with Gasteiger partial charge in [-0.2, -0.15) is 0 Å². The van der Waals surface area contributed by atoms with E-state index in [1.807, 2.05) is 19.9 Å². The first kappa shape index (κ1) is 9.08. The largest absolute Gasteiger partial charge is 0.353 e. The van der Waals surface area contributed by atoms with Crippen molar-refractivity contribution in [3.8, 4) is 0 Å². The van der Waals surface area contributed by atoms with Crippen LogP contribution in [0.5, 0.6) is 0 Å². The van der Waals surface area contributed by atoms with Gasteiger partial charge in [0, 0.05) is 12.5 Å². The van der Waals surface area contributed by atoms with Gasteiger partial charge in [0.1, 0.15) is 0 Å². The van der Waals surface area contributed by atoms with Crippen LogP contribution in [0.4, 0.5) is 0 Å². The smallest absolute Gasteiger partial charge is 0.220 e. The Morgan fingerprint density at radius 2 is 2.50 bits per heavy atom. The predicted molar refractivity (Wildman–Crippen MR) is 48.7 cm³/mol. The van der Waals surface area contributed by atoms with Crippen LogP contribution in [-0.4, -0.2) is 11.9 Å². The Kier molecular flexibility index (Phi) is 3.12. The summed E-state index contributed by atoms with van der Waals surface area (Å²) < 4.78 is 0. The van der Waals surface area contributed by atoms with E-state index in [4.69, 9.17) is 0 Å². The van der Waals surface area contributed by atoms with Crippen molar-refractivity contribution in [3.05, 3.63) is 17.4 Å². The van der Waals surface area contributed by atoms with Gasteiger partial charge in [-0.25, -0.2) is 0 Å². The molecule has 0 spiro atoms. The number of hydrogen-bond donors (Lipinski definition) is 1. The second-order valence-electron chi connectivity index (χ2n) is 3.39. The highest BCUT2D eigenvalue weighted by Crippen LogP contribution is 2.09. The molecule has 1 fully saturated rings. The fourth-order valence-electron chi connectivity index (χ4n) is 1.26. The van der Waals surface area contributed by atoms with Gasteiger partial charge in [0.15, 0.2) is 0 Å². The second kappa shape index (κ2) is 4.13. The normalized spacial score (nSPS) is 21.5. The van der Waals surface area contributed by atoms with Gasteiger partial charge in [0.05, 0.1) is 0 Å². The molecule has 1 amide bonds. The summed E-state index contributed by atoms with van der Waals surface area (Å²) in [7, 11) is 0. The van der Waals surface area contributed by atoms with Crippen molar-refractivity contribution < 1.29 is 4.79 Å². The molecule has 0 saturated carbocycles. The van der Waals surface area contributed by atoms with Gasteiger partial charge in [-0.15, -0.1) is 5.73 Å². The van der Waals surface area contributed by atoms with Crippen molar-refractivity contribution in [1.82, 2.24) is 5.32 Å². The molecule has 0 aromatic rings. The fourth-order valence-corrected chi connectivity index (χ4v) is 1.26. The van der Waals surface area contributed by atoms with E-state index >= 15 is 0 Å². The minimum atomic E-state index is 0.186. The van der Waals surface area contributed by atoms with Crippen molar-refractivity contribution in [3.63, 3.8) is 0 Å². The van der Waals surface area contributed by atoms with Crippen molar-refractivity contribution in [2.45, 2.75) is 39.2 Å².